The second-order valence-corrected chi connectivity index (χ2v) is 9.74. The highest BCUT2D eigenvalue weighted by atomic mass is 16.0. The molecule has 0 aliphatic heterocycles. The SMILES string of the molecule is CCCCCCCCCCCCCCC(c1cccc2ccccc12)C(N)(CC)CC.O. The predicted molar refractivity (Wildman–Crippen MR) is 143 cm³/mol. The van der Waals surface area contributed by atoms with Gasteiger partial charge in [0, 0.05) is 11.5 Å². The third-order valence-corrected chi connectivity index (χ3v) is 7.56. The van der Waals surface area contributed by atoms with Gasteiger partial charge in [0.05, 0.1) is 0 Å². The Morgan fingerprint density at radius 2 is 1.16 bits per heavy atom. The van der Waals surface area contributed by atoms with Crippen molar-refractivity contribution < 1.29 is 5.48 Å². The molecule has 2 heteroatoms. The van der Waals surface area contributed by atoms with Gasteiger partial charge in [-0.2, -0.15) is 0 Å². The average molecular weight is 442 g/mol. The predicted octanol–water partition coefficient (Wildman–Crippen LogP) is 8.71. The van der Waals surface area contributed by atoms with Gasteiger partial charge in [-0.25, -0.2) is 0 Å². The van der Waals surface area contributed by atoms with Crippen molar-refractivity contribution in [1.29, 1.82) is 0 Å². The quantitative estimate of drug-likeness (QED) is 0.245. The molecule has 0 saturated carbocycles. The standard InChI is InChI=1S/C30H49N.H2O/c1-4-7-8-9-10-11-12-13-14-15-16-17-25-29(30(31,5-2)6-3)28-24-20-22-26-21-18-19-23-27(26)28;/h18-24,29H,4-17,25,31H2,1-3H3;1H2. The molecular weight excluding hydrogens is 390 g/mol. The van der Waals surface area contributed by atoms with Gasteiger partial charge in [0.15, 0.2) is 0 Å². The molecule has 0 aromatic heterocycles. The van der Waals surface area contributed by atoms with Gasteiger partial charge in [-0.3, -0.25) is 0 Å². The van der Waals surface area contributed by atoms with Crippen LogP contribution in [0.4, 0.5) is 0 Å². The largest absolute Gasteiger partial charge is 0.412 e. The van der Waals surface area contributed by atoms with Crippen LogP contribution in [0.3, 0.4) is 0 Å². The van der Waals surface area contributed by atoms with Crippen LogP contribution in [0.1, 0.15) is 129 Å². The number of nitrogens with two attached hydrogens (primary N) is 1. The Labute approximate surface area is 198 Å². The minimum atomic E-state index is -0.109. The number of benzene rings is 2. The molecule has 0 aliphatic carbocycles. The molecule has 0 heterocycles. The lowest BCUT2D eigenvalue weighted by Crippen LogP contribution is -2.44. The van der Waals surface area contributed by atoms with E-state index < -0.39 is 0 Å². The summed E-state index contributed by atoms with van der Waals surface area (Å²) >= 11 is 0. The van der Waals surface area contributed by atoms with E-state index in [0.717, 1.165) is 12.8 Å². The molecule has 2 aromatic carbocycles. The lowest BCUT2D eigenvalue weighted by atomic mass is 9.72. The Hall–Kier alpha value is -1.38. The van der Waals surface area contributed by atoms with Crippen molar-refractivity contribution in [1.82, 2.24) is 0 Å². The van der Waals surface area contributed by atoms with Crippen molar-refractivity contribution in [3.05, 3.63) is 48.0 Å². The van der Waals surface area contributed by atoms with E-state index in [1.54, 1.807) is 0 Å². The minimum Gasteiger partial charge on any atom is -0.412 e. The maximum atomic E-state index is 7.00. The molecule has 2 aromatic rings. The summed E-state index contributed by atoms with van der Waals surface area (Å²) < 4.78 is 0. The fraction of sp³-hybridized carbons (Fsp3) is 0.667. The number of hydrogen-bond donors (Lipinski definition) is 1. The van der Waals surface area contributed by atoms with Gasteiger partial charge in [-0.1, -0.05) is 140 Å². The summed E-state index contributed by atoms with van der Waals surface area (Å²) in [5, 5.41) is 2.74. The zero-order chi connectivity index (χ0) is 22.4. The van der Waals surface area contributed by atoms with E-state index >= 15 is 0 Å². The second kappa shape index (κ2) is 16.3. The van der Waals surface area contributed by atoms with Crippen LogP contribution in [-0.2, 0) is 0 Å². The van der Waals surface area contributed by atoms with E-state index in [2.05, 4.69) is 63.2 Å². The Morgan fingerprint density at radius 1 is 0.656 bits per heavy atom. The molecule has 0 aliphatic rings. The van der Waals surface area contributed by atoms with Gasteiger partial charge in [0.1, 0.15) is 0 Å². The van der Waals surface area contributed by atoms with Crippen LogP contribution in [0.15, 0.2) is 42.5 Å². The maximum absolute atomic E-state index is 7.00. The van der Waals surface area contributed by atoms with Crippen molar-refractivity contribution >= 4 is 10.8 Å². The maximum Gasteiger partial charge on any atom is 0.0218 e. The van der Waals surface area contributed by atoms with E-state index in [9.17, 15) is 0 Å². The fourth-order valence-corrected chi connectivity index (χ4v) is 5.24. The van der Waals surface area contributed by atoms with Crippen molar-refractivity contribution in [3.8, 4) is 0 Å². The van der Waals surface area contributed by atoms with Gasteiger partial charge in [-0.05, 0) is 35.6 Å². The Kier molecular flexibility index (Phi) is 14.6. The molecule has 0 saturated heterocycles. The molecule has 4 N–H and O–H groups in total. The molecule has 2 rings (SSSR count). The van der Waals surface area contributed by atoms with Crippen LogP contribution >= 0.6 is 0 Å². The first kappa shape index (κ1) is 28.7. The third kappa shape index (κ3) is 8.87. The zero-order valence-electron chi connectivity index (χ0n) is 21.3. The van der Waals surface area contributed by atoms with E-state index in [1.165, 1.54) is 99.8 Å². The second-order valence-electron chi connectivity index (χ2n) is 9.74. The van der Waals surface area contributed by atoms with E-state index in [1.807, 2.05) is 0 Å². The molecule has 182 valence electrons. The normalized spacial score (nSPS) is 12.6. The molecular formula is C30H51NO. The van der Waals surface area contributed by atoms with Gasteiger partial charge in [0.25, 0.3) is 0 Å². The summed E-state index contributed by atoms with van der Waals surface area (Å²) in [5.41, 5.74) is 8.36. The number of unbranched alkanes of at least 4 members (excludes halogenated alkanes) is 11. The lowest BCUT2D eigenvalue weighted by Gasteiger charge is -2.37. The first-order valence-corrected chi connectivity index (χ1v) is 13.4. The molecule has 32 heavy (non-hydrogen) atoms. The van der Waals surface area contributed by atoms with Crippen LogP contribution in [0, 0.1) is 0 Å². The van der Waals surface area contributed by atoms with E-state index in [4.69, 9.17) is 5.73 Å². The Morgan fingerprint density at radius 3 is 1.72 bits per heavy atom. The molecule has 0 amide bonds. The summed E-state index contributed by atoms with van der Waals surface area (Å²) in [6.45, 7) is 6.83. The van der Waals surface area contributed by atoms with Crippen molar-refractivity contribution in [2.45, 2.75) is 129 Å². The molecule has 1 unspecified atom stereocenters. The number of hydrogen-bond acceptors (Lipinski definition) is 1. The summed E-state index contributed by atoms with van der Waals surface area (Å²) in [7, 11) is 0. The monoisotopic (exact) mass is 441 g/mol. The minimum absolute atomic E-state index is 0. The highest BCUT2D eigenvalue weighted by Crippen LogP contribution is 2.39. The lowest BCUT2D eigenvalue weighted by molar-refractivity contribution is 0.301. The van der Waals surface area contributed by atoms with E-state index in [0.29, 0.717) is 5.92 Å². The van der Waals surface area contributed by atoms with Crippen LogP contribution in [0.25, 0.3) is 10.8 Å². The highest BCUT2D eigenvalue weighted by molar-refractivity contribution is 5.86. The Balaban J connectivity index is 0.00000512. The molecule has 0 fully saturated rings. The first-order chi connectivity index (χ1) is 15.2. The molecule has 1 atom stereocenters. The zero-order valence-corrected chi connectivity index (χ0v) is 21.3. The summed E-state index contributed by atoms with van der Waals surface area (Å²) in [5.74, 6) is 0.441. The molecule has 0 radical (unpaired) electrons. The first-order valence-electron chi connectivity index (χ1n) is 13.4. The smallest absolute Gasteiger partial charge is 0.0218 e. The van der Waals surface area contributed by atoms with Gasteiger partial charge in [-0.15, -0.1) is 0 Å². The Bertz CT molecular complexity index is 716. The van der Waals surface area contributed by atoms with Gasteiger partial charge >= 0.3 is 0 Å². The summed E-state index contributed by atoms with van der Waals surface area (Å²) in [6.07, 6.45) is 20.1. The van der Waals surface area contributed by atoms with E-state index in [-0.39, 0.29) is 11.0 Å². The number of fused-ring (bicyclic) bond motifs is 1. The molecule has 2 nitrogen and oxygen atoms in total. The fourth-order valence-electron chi connectivity index (χ4n) is 5.24. The topological polar surface area (TPSA) is 57.5 Å². The molecule has 0 spiro atoms. The van der Waals surface area contributed by atoms with Crippen LogP contribution in [0.5, 0.6) is 0 Å². The summed E-state index contributed by atoms with van der Waals surface area (Å²) in [6, 6.07) is 15.6. The molecule has 0 bridgehead atoms. The van der Waals surface area contributed by atoms with Crippen molar-refractivity contribution in [3.63, 3.8) is 0 Å². The van der Waals surface area contributed by atoms with Gasteiger partial charge in [0.2, 0.25) is 0 Å². The van der Waals surface area contributed by atoms with Crippen molar-refractivity contribution in [2.75, 3.05) is 0 Å². The van der Waals surface area contributed by atoms with Crippen LogP contribution in [0.2, 0.25) is 0 Å². The third-order valence-electron chi connectivity index (χ3n) is 7.56. The van der Waals surface area contributed by atoms with Gasteiger partial charge < -0.3 is 11.2 Å². The highest BCUT2D eigenvalue weighted by Gasteiger charge is 2.33. The summed E-state index contributed by atoms with van der Waals surface area (Å²) in [4.78, 5) is 0. The van der Waals surface area contributed by atoms with Crippen molar-refractivity contribution in [2.24, 2.45) is 5.73 Å². The van der Waals surface area contributed by atoms with Crippen LogP contribution < -0.4 is 5.73 Å². The number of rotatable bonds is 17. The van der Waals surface area contributed by atoms with Crippen LogP contribution in [-0.4, -0.2) is 11.0 Å². The average Bonchev–Trinajstić information content (AvgIpc) is 2.81.